The van der Waals surface area contributed by atoms with Crippen molar-refractivity contribution in [2.45, 2.75) is 241 Å². The molecule has 49 nitrogen and oxygen atoms in total. The Morgan fingerprint density at radius 2 is 0.701 bits per heavy atom. The Kier molecular flexibility index (Phi) is 51.6. The Hall–Kier alpha value is -14.2. The van der Waals surface area contributed by atoms with E-state index in [2.05, 4.69) is 95.7 Å². The molecular formula is C85H133N27O22. The maximum atomic E-state index is 14.8. The summed E-state index contributed by atoms with van der Waals surface area (Å²) >= 11 is 0. The Morgan fingerprint density at radius 3 is 1.14 bits per heavy atom. The SMILES string of the molecule is CC(C)C[C@H](NC(=O)[C@H](CCCCN)NC(=O)[C@H](CCCNC(=N)N)NC(=O)[C@H](C)NC(=O)[C@H](Cc1ccc(O)cc1)NC(=O)[C@H](CCCCN)NC(=O)[C@H](CCCNC(=N)N)NC(=O)[C@H](C)NC(=O)CNC(=O)[C@@H](NC(=O)[C@H](Cc1ccccc1)NC(=O)CNC(=O)CNC(=O)[C@@H](N)Cc1ccccc1)[C@@H](C)O)C(=O)N[C@@H](C)C(=O)N[C@@H](CC(N)=O)C(=O)N[C@@H](CCC(N)=O)C(=O)O. The average molecular weight is 1890 g/mol. The number of aliphatic hydroxyl groups excluding tert-OH is 1. The van der Waals surface area contributed by atoms with E-state index in [1.807, 2.05) is 0 Å². The maximum Gasteiger partial charge on any atom is 0.326 e. The lowest BCUT2D eigenvalue weighted by atomic mass is 10.0. The first-order valence-corrected chi connectivity index (χ1v) is 43.7. The lowest BCUT2D eigenvalue weighted by Crippen LogP contribution is -2.60. The molecule has 18 amide bonds. The second kappa shape index (κ2) is 60.7. The van der Waals surface area contributed by atoms with E-state index in [9.17, 15) is 106 Å². The van der Waals surface area contributed by atoms with Crippen molar-refractivity contribution in [1.29, 1.82) is 10.8 Å². The maximum absolute atomic E-state index is 14.8. The first-order valence-electron chi connectivity index (χ1n) is 43.7. The van der Waals surface area contributed by atoms with Crippen LogP contribution < -0.4 is 136 Å². The highest BCUT2D eigenvalue weighted by Gasteiger charge is 2.38. The van der Waals surface area contributed by atoms with Crippen LogP contribution in [0.3, 0.4) is 0 Å². The number of carbonyl (C=O) groups excluding carboxylic acids is 18. The number of nitrogens with one attached hydrogen (secondary N) is 20. The zero-order valence-electron chi connectivity index (χ0n) is 75.9. The molecule has 15 atom stereocenters. The normalized spacial score (nSPS) is 14.3. The summed E-state index contributed by atoms with van der Waals surface area (Å²) in [5.74, 6) is -20.3. The standard InChI is InChI=1S/C85H133N27O22/c1-45(2)37-60(78(128)101-48(5)72(122)109-63(41-65(90)116)80(130)108-59(83(133)134)31-32-64(89)115)110-76(126)55(23-13-15-33-86)106-75(125)58(26-18-36-96-85(93)94)105-71(121)47(4)102-79(129)62(40-52-27-29-53(114)30-28-52)111-77(127)56(24-14-16-34-87)107-74(124)57(25-17-35-95-84(91)92)104-70(120)46(3)100-67(118)44-99-82(132)69(49(6)113)112-81(131)61(39-51-21-11-8-12-22-51)103-68(119)43-97-66(117)42-98-73(123)54(88)38-50-19-9-7-10-20-50/h7-12,19-22,27-30,45-49,54-63,69,113-114H,13-18,23-26,31-44,86-88H2,1-6H3,(H2,89,115)(H2,90,116)(H,97,117)(H,98,123)(H,99,132)(H,100,118)(H,101,128)(H,102,129)(H,103,119)(H,104,120)(H,105,121)(H,106,125)(H,107,124)(H,108,130)(H,109,122)(H,110,126)(H,111,127)(H,112,131)(H,133,134)(H4,91,92,95)(H4,93,94,96)/t46-,47-,48-,49+,54-,55-,56-,57-,58-,59-,60-,61-,62-,63-,69-/m0/s1. The van der Waals surface area contributed by atoms with E-state index < -0.39 is 254 Å². The van der Waals surface area contributed by atoms with Gasteiger partial charge in [0.05, 0.1) is 38.2 Å². The van der Waals surface area contributed by atoms with Crippen LogP contribution in [0.4, 0.5) is 0 Å². The topological polar surface area (TPSA) is 831 Å². The Morgan fingerprint density at radius 1 is 0.343 bits per heavy atom. The van der Waals surface area contributed by atoms with Crippen LogP contribution >= 0.6 is 0 Å². The fourth-order valence-corrected chi connectivity index (χ4v) is 13.0. The fourth-order valence-electron chi connectivity index (χ4n) is 13.0. The van der Waals surface area contributed by atoms with E-state index in [4.69, 9.17) is 51.0 Å². The van der Waals surface area contributed by atoms with Crippen molar-refractivity contribution >= 4 is 124 Å². The number of primary amides is 2. The second-order valence-corrected chi connectivity index (χ2v) is 32.3. The largest absolute Gasteiger partial charge is 0.508 e. The molecule has 3 aromatic carbocycles. The molecule has 0 spiro atoms. The van der Waals surface area contributed by atoms with E-state index >= 15 is 0 Å². The highest BCUT2D eigenvalue weighted by molar-refractivity contribution is 6.01. The van der Waals surface area contributed by atoms with Crippen molar-refractivity contribution in [3.63, 3.8) is 0 Å². The Balaban J connectivity index is 1.86. The molecule has 49 heteroatoms. The molecule has 0 aliphatic heterocycles. The van der Waals surface area contributed by atoms with Crippen LogP contribution in [0.1, 0.15) is 148 Å². The molecule has 3 aromatic rings. The van der Waals surface area contributed by atoms with Crippen LogP contribution in [0.25, 0.3) is 0 Å². The van der Waals surface area contributed by atoms with Gasteiger partial charge >= 0.3 is 5.97 Å². The second-order valence-electron chi connectivity index (χ2n) is 32.3. The zero-order chi connectivity index (χ0) is 100. The van der Waals surface area contributed by atoms with Crippen molar-refractivity contribution in [2.24, 2.45) is 46.1 Å². The molecule has 0 saturated carbocycles. The number of unbranched alkanes of at least 4 members (excludes halogenated alkanes) is 2. The van der Waals surface area contributed by atoms with Crippen LogP contribution in [0, 0.1) is 16.7 Å². The number of hydrogen-bond acceptors (Lipinski definition) is 26. The summed E-state index contributed by atoms with van der Waals surface area (Å²) in [6, 6.07) is 1.39. The number of aliphatic hydroxyl groups is 1. The number of aliphatic carboxylic acids is 1. The summed E-state index contributed by atoms with van der Waals surface area (Å²) in [7, 11) is 0. The molecule has 740 valence electrons. The molecule has 134 heavy (non-hydrogen) atoms. The molecule has 3 rings (SSSR count). The van der Waals surface area contributed by atoms with Crippen molar-refractivity contribution in [1.82, 2.24) is 95.7 Å². The van der Waals surface area contributed by atoms with Crippen LogP contribution in [0.5, 0.6) is 5.75 Å². The number of aromatic hydroxyl groups is 1. The Labute approximate surface area is 774 Å². The van der Waals surface area contributed by atoms with E-state index in [-0.39, 0.29) is 115 Å². The number of guanidine groups is 2. The van der Waals surface area contributed by atoms with E-state index in [0.717, 1.165) is 12.5 Å². The average Bonchev–Trinajstić information content (AvgIpc) is 0.854. The number of benzene rings is 3. The number of carbonyl (C=O) groups is 19. The molecule has 0 fully saturated rings. The van der Waals surface area contributed by atoms with Gasteiger partial charge in [-0.25, -0.2) is 4.79 Å². The first kappa shape index (κ1) is 114. The monoisotopic (exact) mass is 1880 g/mol. The summed E-state index contributed by atoms with van der Waals surface area (Å²) in [5.41, 5.74) is 40.9. The van der Waals surface area contributed by atoms with Crippen molar-refractivity contribution in [3.8, 4) is 5.75 Å². The number of phenols is 1. The summed E-state index contributed by atoms with van der Waals surface area (Å²) in [6.45, 7) is 6.37. The van der Waals surface area contributed by atoms with Crippen molar-refractivity contribution in [2.75, 3.05) is 45.8 Å². The smallest absolute Gasteiger partial charge is 0.326 e. The van der Waals surface area contributed by atoms with Crippen LogP contribution in [0.2, 0.25) is 0 Å². The van der Waals surface area contributed by atoms with Gasteiger partial charge in [-0.2, -0.15) is 0 Å². The molecule has 0 aromatic heterocycles. The molecule has 0 heterocycles. The van der Waals surface area contributed by atoms with Crippen LogP contribution in [-0.4, -0.2) is 276 Å². The minimum atomic E-state index is -1.78. The minimum absolute atomic E-state index is 0.0129. The molecule has 0 aliphatic rings. The number of nitrogens with two attached hydrogens (primary N) is 7. The van der Waals surface area contributed by atoms with Gasteiger partial charge in [0, 0.05) is 32.4 Å². The van der Waals surface area contributed by atoms with Crippen molar-refractivity contribution in [3.05, 3.63) is 102 Å². The fraction of sp³-hybridized carbons (Fsp3) is 0.541. The molecule has 0 bridgehead atoms. The highest BCUT2D eigenvalue weighted by atomic mass is 16.4. The van der Waals surface area contributed by atoms with Crippen LogP contribution in [-0.2, 0) is 110 Å². The summed E-state index contributed by atoms with van der Waals surface area (Å²) in [4.78, 5) is 258. The summed E-state index contributed by atoms with van der Waals surface area (Å²) < 4.78 is 0. The third-order valence-electron chi connectivity index (χ3n) is 20.3. The first-order chi connectivity index (χ1) is 63.3. The third-order valence-corrected chi connectivity index (χ3v) is 20.3. The number of phenolic OH excluding ortho intramolecular Hbond substituents is 1. The van der Waals surface area contributed by atoms with E-state index in [1.165, 1.54) is 45.0 Å². The summed E-state index contributed by atoms with van der Waals surface area (Å²) in [5, 5.41) is 90.4. The summed E-state index contributed by atoms with van der Waals surface area (Å²) in [6.07, 6.45) is -3.29. The predicted octanol–water partition coefficient (Wildman–Crippen LogP) is -9.10. The van der Waals surface area contributed by atoms with Gasteiger partial charge in [0.2, 0.25) is 106 Å². The number of hydrogen-bond donors (Lipinski definition) is 30. The number of carboxylic acid groups (broad SMARTS) is 1. The molecule has 0 saturated heterocycles. The third kappa shape index (κ3) is 45.5. The minimum Gasteiger partial charge on any atom is -0.508 e. The predicted molar refractivity (Wildman–Crippen MR) is 486 cm³/mol. The van der Waals surface area contributed by atoms with Gasteiger partial charge in [0.1, 0.15) is 84.3 Å². The number of rotatable bonds is 63. The van der Waals surface area contributed by atoms with Gasteiger partial charge in [-0.3, -0.25) is 97.1 Å². The molecule has 37 N–H and O–H groups in total. The lowest BCUT2D eigenvalue weighted by molar-refractivity contribution is -0.143. The van der Waals surface area contributed by atoms with Gasteiger partial charge in [-0.05, 0) is 159 Å². The van der Waals surface area contributed by atoms with Gasteiger partial charge in [-0.1, -0.05) is 86.6 Å². The van der Waals surface area contributed by atoms with Crippen molar-refractivity contribution < 1.29 is 106 Å². The quantitative estimate of drug-likeness (QED) is 0.0142. The van der Waals surface area contributed by atoms with Crippen LogP contribution in [0.15, 0.2) is 84.9 Å². The molecule has 0 unspecified atom stereocenters. The lowest BCUT2D eigenvalue weighted by Gasteiger charge is -2.28. The Bertz CT molecular complexity index is 4460. The highest BCUT2D eigenvalue weighted by Crippen LogP contribution is 2.16. The van der Waals surface area contributed by atoms with Gasteiger partial charge in [0.15, 0.2) is 11.9 Å². The number of amides is 18. The van der Waals surface area contributed by atoms with E-state index in [1.54, 1.807) is 74.5 Å². The zero-order valence-corrected chi connectivity index (χ0v) is 75.9. The van der Waals surface area contributed by atoms with Gasteiger partial charge in [-0.15, -0.1) is 0 Å². The molecule has 0 aliphatic carbocycles. The molecular weight excluding hydrogens is 1750 g/mol. The number of carboxylic acids is 1. The van der Waals surface area contributed by atoms with Gasteiger partial charge in [0.25, 0.3) is 0 Å². The van der Waals surface area contributed by atoms with E-state index in [0.29, 0.717) is 24.0 Å². The van der Waals surface area contributed by atoms with Gasteiger partial charge < -0.3 is 151 Å². The molecule has 0 radical (unpaired) electrons.